The van der Waals surface area contributed by atoms with Gasteiger partial charge in [-0.3, -0.25) is 4.99 Å². The Morgan fingerprint density at radius 1 is 1.33 bits per heavy atom. The fourth-order valence-corrected chi connectivity index (χ4v) is 1.69. The predicted molar refractivity (Wildman–Crippen MR) is 65.3 cm³/mol. The number of nitrogens with two attached hydrogens (primary N) is 1. The van der Waals surface area contributed by atoms with E-state index in [1.165, 1.54) is 0 Å². The highest BCUT2D eigenvalue weighted by molar-refractivity contribution is 5.78. The average Bonchev–Trinajstić information content (AvgIpc) is 2.34. The van der Waals surface area contributed by atoms with Crippen molar-refractivity contribution in [3.05, 3.63) is 0 Å². The van der Waals surface area contributed by atoms with Gasteiger partial charge in [0, 0.05) is 5.71 Å². The van der Waals surface area contributed by atoms with Gasteiger partial charge in [0.1, 0.15) is 18.3 Å². The van der Waals surface area contributed by atoms with Crippen LogP contribution in [0.5, 0.6) is 0 Å². The molecule has 0 aromatic heterocycles. The zero-order valence-corrected chi connectivity index (χ0v) is 10.7. The molecule has 5 atom stereocenters. The summed E-state index contributed by atoms with van der Waals surface area (Å²) in [6.45, 7) is 4.12. The molecule has 1 rings (SSSR count). The van der Waals surface area contributed by atoms with E-state index < -0.39 is 37.3 Å². The summed E-state index contributed by atoms with van der Waals surface area (Å²) < 4.78 is 10.6. The van der Waals surface area contributed by atoms with Crippen LogP contribution in [0.3, 0.4) is 0 Å². The van der Waals surface area contributed by atoms with Crippen LogP contribution < -0.4 is 5.73 Å². The molecule has 0 saturated carbocycles. The lowest BCUT2D eigenvalue weighted by Gasteiger charge is -2.40. The van der Waals surface area contributed by atoms with Crippen molar-refractivity contribution in [1.29, 1.82) is 0 Å². The van der Waals surface area contributed by atoms with E-state index in [9.17, 15) is 10.2 Å². The third kappa shape index (κ3) is 3.98. The largest absolute Gasteiger partial charge is 0.394 e. The van der Waals surface area contributed by atoms with Crippen LogP contribution in [0.4, 0.5) is 0 Å². The Morgan fingerprint density at radius 3 is 2.56 bits per heavy atom. The molecule has 1 aliphatic heterocycles. The monoisotopic (exact) mass is 262 g/mol. The van der Waals surface area contributed by atoms with Gasteiger partial charge in [-0.25, -0.2) is 0 Å². The predicted octanol–water partition coefficient (Wildman–Crippen LogP) is -1.75. The first kappa shape index (κ1) is 15.5. The molecule has 5 unspecified atom stereocenters. The molecule has 0 amide bonds. The van der Waals surface area contributed by atoms with Crippen LogP contribution in [0, 0.1) is 0 Å². The quantitative estimate of drug-likeness (QED) is 0.345. The van der Waals surface area contributed by atoms with Gasteiger partial charge < -0.3 is 30.5 Å². The van der Waals surface area contributed by atoms with Crippen LogP contribution in [-0.2, 0) is 9.47 Å². The van der Waals surface area contributed by atoms with Gasteiger partial charge in [-0.1, -0.05) is 0 Å². The lowest BCUT2D eigenvalue weighted by molar-refractivity contribution is -0.264. The number of aliphatic hydroxyl groups excluding tert-OH is 3. The van der Waals surface area contributed by atoms with Crippen LogP contribution >= 0.6 is 0 Å². The zero-order valence-electron chi connectivity index (χ0n) is 10.7. The molecule has 0 aromatic rings. The maximum absolute atomic E-state index is 9.69. The van der Waals surface area contributed by atoms with Gasteiger partial charge in [-0.2, -0.15) is 0 Å². The molecule has 1 aliphatic rings. The lowest BCUT2D eigenvalue weighted by Crippen LogP contribution is -2.62. The second-order valence-electron chi connectivity index (χ2n) is 4.48. The van der Waals surface area contributed by atoms with Crippen molar-refractivity contribution in [2.45, 2.75) is 44.5 Å². The first-order valence-corrected chi connectivity index (χ1v) is 5.94. The third-order valence-corrected chi connectivity index (χ3v) is 2.73. The van der Waals surface area contributed by atoms with Crippen molar-refractivity contribution in [3.8, 4) is 0 Å². The first-order valence-electron chi connectivity index (χ1n) is 5.94. The van der Waals surface area contributed by atoms with Crippen molar-refractivity contribution in [3.63, 3.8) is 0 Å². The highest BCUT2D eigenvalue weighted by atomic mass is 16.7. The molecule has 18 heavy (non-hydrogen) atoms. The first-order chi connectivity index (χ1) is 8.47. The minimum absolute atomic E-state index is 0.296. The van der Waals surface area contributed by atoms with Gasteiger partial charge in [0.25, 0.3) is 0 Å². The molecule has 7 heteroatoms. The van der Waals surface area contributed by atoms with Gasteiger partial charge in [-0.15, -0.1) is 0 Å². The molecule has 106 valence electrons. The fraction of sp³-hybridized carbons (Fsp3) is 0.909. The molecule has 5 N–H and O–H groups in total. The van der Waals surface area contributed by atoms with E-state index in [0.717, 1.165) is 5.71 Å². The van der Waals surface area contributed by atoms with Gasteiger partial charge in [-0.05, 0) is 13.8 Å². The second kappa shape index (κ2) is 7.13. The van der Waals surface area contributed by atoms with Crippen molar-refractivity contribution in [2.75, 3.05) is 19.8 Å². The van der Waals surface area contributed by atoms with E-state index in [4.69, 9.17) is 20.3 Å². The molecule has 0 aliphatic carbocycles. The van der Waals surface area contributed by atoms with Crippen molar-refractivity contribution >= 4 is 5.71 Å². The molecule has 1 saturated heterocycles. The number of nitrogens with zero attached hydrogens (tertiary/aromatic N) is 1. The molecule has 0 radical (unpaired) electrons. The van der Waals surface area contributed by atoms with E-state index in [-0.39, 0.29) is 0 Å². The molecular weight excluding hydrogens is 240 g/mol. The van der Waals surface area contributed by atoms with Crippen LogP contribution in [0.2, 0.25) is 0 Å². The van der Waals surface area contributed by atoms with E-state index in [2.05, 4.69) is 4.99 Å². The Labute approximate surface area is 106 Å². The molecular formula is C11H22N2O5. The van der Waals surface area contributed by atoms with E-state index >= 15 is 0 Å². The SMILES string of the molecule is CC(C)=NCCOC1OC(CO)C(O)C(O)C1N. The number of rotatable bonds is 5. The van der Waals surface area contributed by atoms with E-state index in [1.54, 1.807) is 0 Å². The zero-order chi connectivity index (χ0) is 13.7. The summed E-state index contributed by atoms with van der Waals surface area (Å²) >= 11 is 0. The minimum Gasteiger partial charge on any atom is -0.394 e. The minimum atomic E-state index is -1.21. The Kier molecular flexibility index (Phi) is 6.13. The number of ether oxygens (including phenoxy) is 2. The van der Waals surface area contributed by atoms with Crippen molar-refractivity contribution < 1.29 is 24.8 Å². The maximum Gasteiger partial charge on any atom is 0.175 e. The van der Waals surface area contributed by atoms with Crippen LogP contribution in [0.25, 0.3) is 0 Å². The Hall–Kier alpha value is -0.570. The van der Waals surface area contributed by atoms with Crippen LogP contribution in [-0.4, -0.2) is 71.4 Å². The smallest absolute Gasteiger partial charge is 0.175 e. The topological polar surface area (TPSA) is 118 Å². The maximum atomic E-state index is 9.69. The highest BCUT2D eigenvalue weighted by Crippen LogP contribution is 2.20. The Balaban J connectivity index is 2.46. The molecule has 7 nitrogen and oxygen atoms in total. The fourth-order valence-electron chi connectivity index (χ4n) is 1.69. The standard InChI is InChI=1S/C11H22N2O5/c1-6(2)13-3-4-17-11-8(12)10(16)9(15)7(5-14)18-11/h7-11,14-16H,3-5,12H2,1-2H3. The van der Waals surface area contributed by atoms with Gasteiger partial charge in [0.2, 0.25) is 0 Å². The summed E-state index contributed by atoms with van der Waals surface area (Å²) in [5.74, 6) is 0. The summed E-state index contributed by atoms with van der Waals surface area (Å²) in [5, 5.41) is 28.3. The lowest BCUT2D eigenvalue weighted by atomic mass is 9.98. The normalized spacial score (nSPS) is 36.4. The van der Waals surface area contributed by atoms with E-state index in [1.807, 2.05) is 13.8 Å². The molecule has 1 heterocycles. The van der Waals surface area contributed by atoms with Gasteiger partial charge in [0.05, 0.1) is 25.8 Å². The summed E-state index contributed by atoms with van der Waals surface area (Å²) in [7, 11) is 0. The summed E-state index contributed by atoms with van der Waals surface area (Å²) in [6, 6.07) is -0.852. The summed E-state index contributed by atoms with van der Waals surface area (Å²) in [6.07, 6.45) is -4.13. The Bertz CT molecular complexity index is 281. The van der Waals surface area contributed by atoms with Gasteiger partial charge >= 0.3 is 0 Å². The summed E-state index contributed by atoms with van der Waals surface area (Å²) in [4.78, 5) is 4.14. The Morgan fingerprint density at radius 2 is 2.00 bits per heavy atom. The molecule has 0 spiro atoms. The molecule has 0 bridgehead atoms. The van der Waals surface area contributed by atoms with Crippen LogP contribution in [0.1, 0.15) is 13.8 Å². The van der Waals surface area contributed by atoms with Crippen LogP contribution in [0.15, 0.2) is 4.99 Å². The average molecular weight is 262 g/mol. The summed E-state index contributed by atoms with van der Waals surface area (Å²) in [5.41, 5.74) is 6.64. The number of aliphatic hydroxyl groups is 3. The molecule has 0 aromatic carbocycles. The molecule has 1 fully saturated rings. The van der Waals surface area contributed by atoms with Crippen molar-refractivity contribution in [2.24, 2.45) is 10.7 Å². The highest BCUT2D eigenvalue weighted by Gasteiger charge is 2.42. The number of hydrogen-bond donors (Lipinski definition) is 4. The number of hydrogen-bond acceptors (Lipinski definition) is 7. The second-order valence-corrected chi connectivity index (χ2v) is 4.48. The van der Waals surface area contributed by atoms with Gasteiger partial charge in [0.15, 0.2) is 6.29 Å². The third-order valence-electron chi connectivity index (χ3n) is 2.73. The van der Waals surface area contributed by atoms with Crippen molar-refractivity contribution in [1.82, 2.24) is 0 Å². The number of aliphatic imine (C=N–C) groups is 1. The van der Waals surface area contributed by atoms with E-state index in [0.29, 0.717) is 13.2 Å².